The molecule has 1 aliphatic rings. The monoisotopic (exact) mass is 408 g/mol. The smallest absolute Gasteiger partial charge is 0.274 e. The van der Waals surface area contributed by atoms with Gasteiger partial charge in [0.1, 0.15) is 5.69 Å². The van der Waals surface area contributed by atoms with E-state index in [-0.39, 0.29) is 17.5 Å². The Morgan fingerprint density at radius 2 is 1.83 bits per heavy atom. The number of amides is 2. The van der Waals surface area contributed by atoms with Crippen LogP contribution < -0.4 is 0 Å². The highest BCUT2D eigenvalue weighted by Gasteiger charge is 2.29. The molecule has 0 saturated carbocycles. The van der Waals surface area contributed by atoms with Crippen molar-refractivity contribution in [3.05, 3.63) is 88.2 Å². The maximum Gasteiger partial charge on any atom is 0.274 e. The van der Waals surface area contributed by atoms with Crippen molar-refractivity contribution in [3.8, 4) is 0 Å². The van der Waals surface area contributed by atoms with Crippen LogP contribution in [0.1, 0.15) is 32.1 Å². The van der Waals surface area contributed by atoms with Crippen LogP contribution in [-0.4, -0.2) is 45.0 Å². The summed E-state index contributed by atoms with van der Waals surface area (Å²) in [6.07, 6.45) is 0. The zero-order valence-electron chi connectivity index (χ0n) is 16.1. The van der Waals surface area contributed by atoms with Gasteiger partial charge in [0.2, 0.25) is 0 Å². The second kappa shape index (κ2) is 8.09. The van der Waals surface area contributed by atoms with Crippen molar-refractivity contribution in [1.29, 1.82) is 0 Å². The molecule has 1 aromatic heterocycles. The summed E-state index contributed by atoms with van der Waals surface area (Å²) in [6, 6.07) is 18.8. The predicted molar refractivity (Wildman–Crippen MR) is 111 cm³/mol. The van der Waals surface area contributed by atoms with E-state index in [0.29, 0.717) is 36.9 Å². The van der Waals surface area contributed by atoms with Crippen molar-refractivity contribution >= 4 is 23.4 Å². The summed E-state index contributed by atoms with van der Waals surface area (Å²) in [5, 5.41) is 5.01. The van der Waals surface area contributed by atoms with Crippen molar-refractivity contribution in [3.63, 3.8) is 0 Å². The lowest BCUT2D eigenvalue weighted by Crippen LogP contribution is -2.39. The Morgan fingerprint density at radius 3 is 2.59 bits per heavy atom. The van der Waals surface area contributed by atoms with Gasteiger partial charge in [-0.3, -0.25) is 14.3 Å². The van der Waals surface area contributed by atoms with E-state index in [2.05, 4.69) is 5.10 Å². The molecule has 0 spiro atoms. The first kappa shape index (κ1) is 19.2. The molecular formula is C22H21ClN4O2. The van der Waals surface area contributed by atoms with Gasteiger partial charge in [-0.2, -0.15) is 5.10 Å². The largest absolute Gasteiger partial charge is 0.336 e. The quantitative estimate of drug-likeness (QED) is 0.649. The highest BCUT2D eigenvalue weighted by atomic mass is 35.5. The molecule has 6 nitrogen and oxygen atoms in total. The molecule has 7 heteroatoms. The molecular weight excluding hydrogens is 388 g/mol. The molecule has 0 unspecified atom stereocenters. The fourth-order valence-electron chi connectivity index (χ4n) is 3.45. The summed E-state index contributed by atoms with van der Waals surface area (Å²) < 4.78 is 1.62. The lowest BCUT2D eigenvalue weighted by molar-refractivity contribution is 0.0682. The Kier molecular flexibility index (Phi) is 5.36. The summed E-state index contributed by atoms with van der Waals surface area (Å²) in [6.45, 7) is 1.97. The second-order valence-electron chi connectivity index (χ2n) is 7.10. The van der Waals surface area contributed by atoms with E-state index in [9.17, 15) is 9.59 Å². The molecule has 2 aromatic carbocycles. The fourth-order valence-corrected chi connectivity index (χ4v) is 3.65. The molecule has 0 saturated heterocycles. The standard InChI is InChI=1S/C22H21ClN4O2/c1-25(14-16-7-3-2-4-8-16)21(28)19-13-20-22(29)26(11-12-27(20)24-19)15-17-9-5-6-10-18(17)23/h2-10,13H,11-12,14-15H2,1H3. The van der Waals surface area contributed by atoms with E-state index < -0.39 is 0 Å². The van der Waals surface area contributed by atoms with Crippen LogP contribution in [0.5, 0.6) is 0 Å². The van der Waals surface area contributed by atoms with Crippen molar-refractivity contribution in [2.45, 2.75) is 19.6 Å². The SMILES string of the molecule is CN(Cc1ccccc1)C(=O)c1cc2n(n1)CCN(Cc1ccccc1Cl)C2=O. The maximum absolute atomic E-state index is 12.9. The lowest BCUT2D eigenvalue weighted by atomic mass is 10.2. The highest BCUT2D eigenvalue weighted by Crippen LogP contribution is 2.21. The van der Waals surface area contributed by atoms with Crippen LogP contribution in [0.2, 0.25) is 5.02 Å². The average Bonchev–Trinajstić information content (AvgIpc) is 3.17. The average molecular weight is 409 g/mol. The minimum Gasteiger partial charge on any atom is -0.336 e. The van der Waals surface area contributed by atoms with Crippen LogP contribution in [0.4, 0.5) is 0 Å². The van der Waals surface area contributed by atoms with Gasteiger partial charge in [-0.1, -0.05) is 60.1 Å². The zero-order valence-corrected chi connectivity index (χ0v) is 16.8. The Hall–Kier alpha value is -3.12. The fraction of sp³-hybridized carbons (Fsp3) is 0.227. The van der Waals surface area contributed by atoms with E-state index in [1.54, 1.807) is 27.6 Å². The van der Waals surface area contributed by atoms with Crippen molar-refractivity contribution in [2.24, 2.45) is 0 Å². The Balaban J connectivity index is 1.49. The molecule has 0 atom stereocenters. The van der Waals surface area contributed by atoms with Crippen molar-refractivity contribution in [2.75, 3.05) is 13.6 Å². The number of nitrogens with zero attached hydrogens (tertiary/aromatic N) is 4. The molecule has 29 heavy (non-hydrogen) atoms. The lowest BCUT2D eigenvalue weighted by Gasteiger charge is -2.27. The summed E-state index contributed by atoms with van der Waals surface area (Å²) in [5.74, 6) is -0.352. The van der Waals surface area contributed by atoms with Crippen LogP contribution in [0.25, 0.3) is 0 Å². The topological polar surface area (TPSA) is 58.4 Å². The van der Waals surface area contributed by atoms with Gasteiger partial charge >= 0.3 is 0 Å². The molecule has 0 aliphatic carbocycles. The number of rotatable bonds is 5. The molecule has 0 bridgehead atoms. The third-order valence-electron chi connectivity index (χ3n) is 5.02. The molecule has 0 N–H and O–H groups in total. The van der Waals surface area contributed by atoms with Gasteiger partial charge in [0.15, 0.2) is 5.69 Å². The van der Waals surface area contributed by atoms with Gasteiger partial charge in [0.05, 0.1) is 6.54 Å². The Morgan fingerprint density at radius 1 is 1.10 bits per heavy atom. The zero-order chi connectivity index (χ0) is 20.4. The summed E-state index contributed by atoms with van der Waals surface area (Å²) in [7, 11) is 1.74. The third kappa shape index (κ3) is 4.03. The Labute approximate surface area is 174 Å². The molecule has 0 radical (unpaired) electrons. The van der Waals surface area contributed by atoms with E-state index in [0.717, 1.165) is 11.1 Å². The van der Waals surface area contributed by atoms with Gasteiger partial charge in [0, 0.05) is 37.8 Å². The minimum atomic E-state index is -0.207. The van der Waals surface area contributed by atoms with Gasteiger partial charge in [-0.25, -0.2) is 0 Å². The number of aromatic nitrogens is 2. The molecule has 0 fully saturated rings. The second-order valence-corrected chi connectivity index (χ2v) is 7.51. The minimum absolute atomic E-state index is 0.145. The Bertz CT molecular complexity index is 1050. The first-order chi connectivity index (χ1) is 14.0. The van der Waals surface area contributed by atoms with E-state index in [1.165, 1.54) is 0 Å². The summed E-state index contributed by atoms with van der Waals surface area (Å²) in [5.41, 5.74) is 2.65. The van der Waals surface area contributed by atoms with Crippen LogP contribution in [0.15, 0.2) is 60.7 Å². The van der Waals surface area contributed by atoms with Crippen LogP contribution in [-0.2, 0) is 19.6 Å². The third-order valence-corrected chi connectivity index (χ3v) is 5.38. The molecule has 3 aromatic rings. The number of halogens is 1. The van der Waals surface area contributed by atoms with Gasteiger partial charge in [-0.05, 0) is 17.2 Å². The normalized spacial score (nSPS) is 13.3. The number of hydrogen-bond donors (Lipinski definition) is 0. The first-order valence-corrected chi connectivity index (χ1v) is 9.80. The molecule has 2 amide bonds. The van der Waals surface area contributed by atoms with E-state index in [1.807, 2.05) is 54.6 Å². The number of hydrogen-bond acceptors (Lipinski definition) is 3. The molecule has 4 rings (SSSR count). The number of carbonyl (C=O) groups excluding carboxylic acids is 2. The summed E-state index contributed by atoms with van der Waals surface area (Å²) >= 11 is 6.23. The number of carbonyl (C=O) groups is 2. The molecule has 1 aliphatic heterocycles. The van der Waals surface area contributed by atoms with Crippen LogP contribution >= 0.6 is 11.6 Å². The van der Waals surface area contributed by atoms with Crippen molar-refractivity contribution < 1.29 is 9.59 Å². The van der Waals surface area contributed by atoms with Gasteiger partial charge < -0.3 is 9.80 Å². The first-order valence-electron chi connectivity index (χ1n) is 9.43. The van der Waals surface area contributed by atoms with E-state index >= 15 is 0 Å². The van der Waals surface area contributed by atoms with Gasteiger partial charge in [0.25, 0.3) is 11.8 Å². The number of benzene rings is 2. The maximum atomic E-state index is 12.9. The van der Waals surface area contributed by atoms with Gasteiger partial charge in [-0.15, -0.1) is 0 Å². The predicted octanol–water partition coefficient (Wildman–Crippen LogP) is 3.46. The van der Waals surface area contributed by atoms with Crippen LogP contribution in [0, 0.1) is 0 Å². The molecule has 2 heterocycles. The van der Waals surface area contributed by atoms with E-state index in [4.69, 9.17) is 11.6 Å². The van der Waals surface area contributed by atoms with Crippen LogP contribution in [0.3, 0.4) is 0 Å². The highest BCUT2D eigenvalue weighted by molar-refractivity contribution is 6.31. The molecule has 148 valence electrons. The van der Waals surface area contributed by atoms with Crippen molar-refractivity contribution in [1.82, 2.24) is 19.6 Å². The number of fused-ring (bicyclic) bond motifs is 1. The summed E-state index contributed by atoms with van der Waals surface area (Å²) in [4.78, 5) is 29.1.